The van der Waals surface area contributed by atoms with Crippen molar-refractivity contribution in [1.29, 1.82) is 0 Å². The van der Waals surface area contributed by atoms with E-state index in [1.165, 1.54) is 4.88 Å². The lowest BCUT2D eigenvalue weighted by molar-refractivity contribution is -0.136. The number of hydrogen-bond acceptors (Lipinski definition) is 4. The molecule has 0 saturated heterocycles. The molecule has 0 aromatic carbocycles. The summed E-state index contributed by atoms with van der Waals surface area (Å²) in [7, 11) is 0. The van der Waals surface area contributed by atoms with Gasteiger partial charge in [-0.15, -0.1) is 11.3 Å². The first-order chi connectivity index (χ1) is 9.99. The fourth-order valence-electron chi connectivity index (χ4n) is 2.37. The molecule has 6 heteroatoms. The molecule has 0 radical (unpaired) electrons. The van der Waals surface area contributed by atoms with Crippen molar-refractivity contribution in [2.75, 3.05) is 0 Å². The van der Waals surface area contributed by atoms with E-state index in [4.69, 9.17) is 5.11 Å². The number of nitrogens with zero attached hydrogens (tertiary/aromatic N) is 2. The van der Waals surface area contributed by atoms with Crippen molar-refractivity contribution in [3.05, 3.63) is 49.8 Å². The van der Waals surface area contributed by atoms with E-state index in [-0.39, 0.29) is 12.1 Å². The summed E-state index contributed by atoms with van der Waals surface area (Å²) < 4.78 is 1.64. The van der Waals surface area contributed by atoms with E-state index in [9.17, 15) is 9.59 Å². The van der Waals surface area contributed by atoms with Crippen molar-refractivity contribution in [2.24, 2.45) is 0 Å². The Kier molecular flexibility index (Phi) is 4.90. The van der Waals surface area contributed by atoms with Crippen LogP contribution in [0.4, 0.5) is 0 Å². The van der Waals surface area contributed by atoms with Gasteiger partial charge in [0.2, 0.25) is 0 Å². The van der Waals surface area contributed by atoms with E-state index < -0.39 is 5.97 Å². The molecule has 0 atom stereocenters. The Morgan fingerprint density at radius 1 is 1.38 bits per heavy atom. The summed E-state index contributed by atoms with van der Waals surface area (Å²) in [6.45, 7) is 4.19. The third-order valence-electron chi connectivity index (χ3n) is 3.52. The zero-order valence-electron chi connectivity index (χ0n) is 12.1. The Morgan fingerprint density at radius 2 is 2.14 bits per heavy atom. The first-order valence-corrected chi connectivity index (χ1v) is 7.68. The second kappa shape index (κ2) is 6.67. The van der Waals surface area contributed by atoms with Gasteiger partial charge in [-0.05, 0) is 43.7 Å². The van der Waals surface area contributed by atoms with Crippen LogP contribution < -0.4 is 5.69 Å². The summed E-state index contributed by atoms with van der Waals surface area (Å²) in [5.41, 5.74) is 2.06. The molecule has 0 bridgehead atoms. The number of carboxylic acid groups (broad SMARTS) is 1. The maximum Gasteiger partial charge on any atom is 0.347 e. The predicted octanol–water partition coefficient (Wildman–Crippen LogP) is 2.18. The molecular formula is C15H18N2O3S. The summed E-state index contributed by atoms with van der Waals surface area (Å²) in [5.74, 6) is -0.842. The van der Waals surface area contributed by atoms with Gasteiger partial charge in [0.1, 0.15) is 0 Å². The molecule has 0 amide bonds. The Balaban J connectivity index is 2.25. The largest absolute Gasteiger partial charge is 0.481 e. The highest BCUT2D eigenvalue weighted by Gasteiger charge is 2.12. The number of carboxylic acids is 1. The lowest BCUT2D eigenvalue weighted by Crippen LogP contribution is -2.28. The minimum atomic E-state index is -0.842. The third kappa shape index (κ3) is 3.78. The van der Waals surface area contributed by atoms with Gasteiger partial charge in [0.15, 0.2) is 0 Å². The molecule has 0 fully saturated rings. The summed E-state index contributed by atoms with van der Waals surface area (Å²) in [6, 6.07) is 4.03. The van der Waals surface area contributed by atoms with Crippen LogP contribution in [0.1, 0.15) is 28.2 Å². The maximum absolute atomic E-state index is 12.0. The smallest absolute Gasteiger partial charge is 0.347 e. The van der Waals surface area contributed by atoms with Gasteiger partial charge in [-0.2, -0.15) is 4.98 Å². The van der Waals surface area contributed by atoms with Crippen LogP contribution in [-0.4, -0.2) is 20.6 Å². The fourth-order valence-corrected chi connectivity index (χ4v) is 3.07. The molecule has 21 heavy (non-hydrogen) atoms. The highest BCUT2D eigenvalue weighted by molar-refractivity contribution is 7.09. The van der Waals surface area contributed by atoms with Crippen LogP contribution in [0.3, 0.4) is 0 Å². The van der Waals surface area contributed by atoms with Gasteiger partial charge in [-0.3, -0.25) is 9.36 Å². The molecular weight excluding hydrogens is 288 g/mol. The minimum absolute atomic E-state index is 0.0481. The Bertz CT molecular complexity index is 690. The molecule has 5 nitrogen and oxygen atoms in total. The fraction of sp³-hybridized carbons (Fsp3) is 0.400. The number of aryl methyl sites for hydroxylation is 2. The molecule has 0 aliphatic carbocycles. The topological polar surface area (TPSA) is 72.2 Å². The van der Waals surface area contributed by atoms with Crippen molar-refractivity contribution in [3.8, 4) is 0 Å². The second-order valence-corrected chi connectivity index (χ2v) is 5.95. The quantitative estimate of drug-likeness (QED) is 0.888. The summed E-state index contributed by atoms with van der Waals surface area (Å²) in [4.78, 5) is 28.0. The number of aromatic nitrogens is 2. The summed E-state index contributed by atoms with van der Waals surface area (Å²) in [6.07, 6.45) is 1.23. The van der Waals surface area contributed by atoms with Gasteiger partial charge in [0.25, 0.3) is 0 Å². The van der Waals surface area contributed by atoms with Gasteiger partial charge < -0.3 is 5.11 Å². The van der Waals surface area contributed by atoms with E-state index >= 15 is 0 Å². The molecule has 2 aromatic heterocycles. The van der Waals surface area contributed by atoms with Crippen molar-refractivity contribution in [2.45, 2.75) is 39.7 Å². The third-order valence-corrected chi connectivity index (χ3v) is 4.46. The summed E-state index contributed by atoms with van der Waals surface area (Å²) in [5, 5.41) is 10.8. The van der Waals surface area contributed by atoms with Gasteiger partial charge in [0, 0.05) is 29.2 Å². The molecule has 0 spiro atoms. The predicted molar refractivity (Wildman–Crippen MR) is 82.0 cm³/mol. The first kappa shape index (κ1) is 15.4. The number of aliphatic carboxylic acids is 1. The first-order valence-electron chi connectivity index (χ1n) is 6.80. The van der Waals surface area contributed by atoms with Gasteiger partial charge in [0.05, 0.1) is 0 Å². The average molecular weight is 306 g/mol. The molecule has 0 unspecified atom stereocenters. The van der Waals surface area contributed by atoms with E-state index in [0.29, 0.717) is 18.7 Å². The number of carbonyl (C=O) groups is 1. The number of hydrogen-bond donors (Lipinski definition) is 1. The van der Waals surface area contributed by atoms with Gasteiger partial charge in [-0.25, -0.2) is 4.79 Å². The highest BCUT2D eigenvalue weighted by Crippen LogP contribution is 2.14. The summed E-state index contributed by atoms with van der Waals surface area (Å²) >= 11 is 1.66. The van der Waals surface area contributed by atoms with Crippen LogP contribution >= 0.6 is 11.3 Å². The van der Waals surface area contributed by atoms with E-state index in [0.717, 1.165) is 17.7 Å². The lowest BCUT2D eigenvalue weighted by Gasteiger charge is -2.14. The Morgan fingerprint density at radius 3 is 2.76 bits per heavy atom. The second-order valence-electron chi connectivity index (χ2n) is 4.92. The molecule has 0 saturated carbocycles. The van der Waals surface area contributed by atoms with Crippen molar-refractivity contribution in [3.63, 3.8) is 0 Å². The zero-order chi connectivity index (χ0) is 15.4. The molecule has 1 N–H and O–H groups in total. The molecule has 0 aliphatic heterocycles. The monoisotopic (exact) mass is 306 g/mol. The Hall–Kier alpha value is -1.95. The molecule has 0 aliphatic rings. The van der Waals surface area contributed by atoms with Gasteiger partial charge >= 0.3 is 11.7 Å². The molecule has 2 heterocycles. The minimum Gasteiger partial charge on any atom is -0.481 e. The highest BCUT2D eigenvalue weighted by atomic mass is 32.1. The van der Waals surface area contributed by atoms with Crippen molar-refractivity contribution >= 4 is 17.3 Å². The Labute approximate surface area is 126 Å². The van der Waals surface area contributed by atoms with Crippen LogP contribution in [0.2, 0.25) is 0 Å². The van der Waals surface area contributed by atoms with Crippen LogP contribution in [0.25, 0.3) is 0 Å². The van der Waals surface area contributed by atoms with Crippen LogP contribution in [0, 0.1) is 13.8 Å². The average Bonchev–Trinajstić information content (AvgIpc) is 2.90. The van der Waals surface area contributed by atoms with Crippen LogP contribution in [-0.2, 0) is 24.2 Å². The van der Waals surface area contributed by atoms with E-state index in [1.54, 1.807) is 22.8 Å². The van der Waals surface area contributed by atoms with E-state index in [2.05, 4.69) is 4.98 Å². The molecule has 2 aromatic rings. The zero-order valence-corrected chi connectivity index (χ0v) is 12.9. The molecule has 2 rings (SSSR count). The van der Waals surface area contributed by atoms with Crippen molar-refractivity contribution < 1.29 is 9.90 Å². The van der Waals surface area contributed by atoms with Gasteiger partial charge in [-0.1, -0.05) is 6.07 Å². The van der Waals surface area contributed by atoms with Crippen LogP contribution in [0.5, 0.6) is 0 Å². The van der Waals surface area contributed by atoms with Crippen LogP contribution in [0.15, 0.2) is 22.3 Å². The maximum atomic E-state index is 12.0. The normalized spacial score (nSPS) is 10.8. The van der Waals surface area contributed by atoms with E-state index in [1.807, 2.05) is 24.4 Å². The lowest BCUT2D eigenvalue weighted by atomic mass is 10.1. The molecule has 112 valence electrons. The SMILES string of the molecule is Cc1nc(=O)n(CCc2cccs2)c(C)c1CCC(=O)O. The van der Waals surface area contributed by atoms with Crippen molar-refractivity contribution in [1.82, 2.24) is 9.55 Å². The number of thiophene rings is 1. The standard InChI is InChI=1S/C15H18N2O3S/c1-10-13(5-6-14(18)19)11(2)17(15(20)16-10)8-7-12-4-3-9-21-12/h3-4,9H,5-8H2,1-2H3,(H,18,19). The number of rotatable bonds is 6.